The summed E-state index contributed by atoms with van der Waals surface area (Å²) in [5, 5.41) is 15.2. The maximum absolute atomic E-state index is 4.80. The van der Waals surface area contributed by atoms with Gasteiger partial charge in [-0.25, -0.2) is 4.99 Å². The molecule has 0 spiro atoms. The summed E-state index contributed by atoms with van der Waals surface area (Å²) in [4.78, 5) is 4.80. The number of benzene rings is 2. The SMILES string of the molecule is CCc1nncn1CCNC(=NCc1ccccc1)NC(C)c1ccccc1C.I. The first-order chi connectivity index (χ1) is 14.2. The third kappa shape index (κ3) is 6.83. The normalized spacial score (nSPS) is 12.2. The average molecular weight is 518 g/mol. The van der Waals surface area contributed by atoms with E-state index in [1.165, 1.54) is 16.7 Å². The minimum Gasteiger partial charge on any atom is -0.355 e. The van der Waals surface area contributed by atoms with Crippen molar-refractivity contribution in [1.29, 1.82) is 0 Å². The van der Waals surface area contributed by atoms with E-state index in [9.17, 15) is 0 Å². The lowest BCUT2D eigenvalue weighted by molar-refractivity contribution is 0.618. The van der Waals surface area contributed by atoms with Crippen molar-refractivity contribution in [3.05, 3.63) is 83.4 Å². The minimum atomic E-state index is 0. The molecule has 0 saturated carbocycles. The third-order valence-electron chi connectivity index (χ3n) is 4.93. The second-order valence-electron chi connectivity index (χ2n) is 7.09. The Balaban J connectivity index is 0.00000320. The van der Waals surface area contributed by atoms with E-state index in [1.54, 1.807) is 6.33 Å². The molecule has 2 aromatic carbocycles. The fraction of sp³-hybridized carbons (Fsp3) is 0.348. The van der Waals surface area contributed by atoms with Crippen molar-refractivity contribution >= 4 is 29.9 Å². The quantitative estimate of drug-likeness (QED) is 0.266. The summed E-state index contributed by atoms with van der Waals surface area (Å²) in [6.07, 6.45) is 2.65. The molecule has 0 aliphatic carbocycles. The molecular formula is C23H31IN6. The second kappa shape index (κ2) is 12.3. The van der Waals surface area contributed by atoms with Crippen molar-refractivity contribution in [2.45, 2.75) is 46.3 Å². The number of aromatic nitrogens is 3. The predicted octanol–water partition coefficient (Wildman–Crippen LogP) is 4.26. The van der Waals surface area contributed by atoms with Crippen molar-refractivity contribution < 1.29 is 0 Å². The molecule has 2 N–H and O–H groups in total. The number of hydrogen-bond acceptors (Lipinski definition) is 3. The molecule has 7 heteroatoms. The number of halogens is 1. The van der Waals surface area contributed by atoms with E-state index in [2.05, 4.69) is 82.6 Å². The molecule has 0 aliphatic rings. The summed E-state index contributed by atoms with van der Waals surface area (Å²) in [6.45, 7) is 8.56. The zero-order valence-corrected chi connectivity index (χ0v) is 20.2. The molecule has 1 heterocycles. The molecule has 0 saturated heterocycles. The van der Waals surface area contributed by atoms with Crippen molar-refractivity contribution in [2.75, 3.05) is 6.54 Å². The third-order valence-corrected chi connectivity index (χ3v) is 4.93. The topological polar surface area (TPSA) is 67.1 Å². The van der Waals surface area contributed by atoms with E-state index in [0.29, 0.717) is 6.54 Å². The number of guanidine groups is 1. The Morgan fingerprint density at radius 2 is 1.83 bits per heavy atom. The molecule has 0 aliphatic heterocycles. The van der Waals surface area contributed by atoms with Crippen LogP contribution in [0, 0.1) is 6.92 Å². The monoisotopic (exact) mass is 518 g/mol. The Bertz CT molecular complexity index is 922. The molecule has 0 radical (unpaired) electrons. The number of hydrogen-bond donors (Lipinski definition) is 2. The van der Waals surface area contributed by atoms with Gasteiger partial charge >= 0.3 is 0 Å². The zero-order chi connectivity index (χ0) is 20.5. The smallest absolute Gasteiger partial charge is 0.192 e. The highest BCUT2D eigenvalue weighted by Crippen LogP contribution is 2.16. The maximum atomic E-state index is 4.80. The number of nitrogens with zero attached hydrogens (tertiary/aromatic N) is 4. The van der Waals surface area contributed by atoms with Gasteiger partial charge in [0.15, 0.2) is 5.96 Å². The lowest BCUT2D eigenvalue weighted by Crippen LogP contribution is -2.40. The Hall–Kier alpha value is -2.42. The van der Waals surface area contributed by atoms with Gasteiger partial charge in [0.05, 0.1) is 12.6 Å². The number of rotatable bonds is 8. The number of aliphatic imine (C=N–C) groups is 1. The molecule has 1 atom stereocenters. The van der Waals surface area contributed by atoms with Crippen LogP contribution in [0.1, 0.15) is 42.4 Å². The number of nitrogens with one attached hydrogen (secondary N) is 2. The van der Waals surface area contributed by atoms with Gasteiger partial charge in [-0.3, -0.25) is 0 Å². The van der Waals surface area contributed by atoms with Crippen molar-refractivity contribution in [1.82, 2.24) is 25.4 Å². The van der Waals surface area contributed by atoms with E-state index < -0.39 is 0 Å². The summed E-state index contributed by atoms with van der Waals surface area (Å²) < 4.78 is 2.08. The molecule has 3 rings (SSSR count). The largest absolute Gasteiger partial charge is 0.355 e. The predicted molar refractivity (Wildman–Crippen MR) is 133 cm³/mol. The molecule has 30 heavy (non-hydrogen) atoms. The van der Waals surface area contributed by atoms with E-state index >= 15 is 0 Å². The summed E-state index contributed by atoms with van der Waals surface area (Å²) in [6, 6.07) is 18.9. The Morgan fingerprint density at radius 1 is 1.10 bits per heavy atom. The molecule has 1 aromatic heterocycles. The van der Waals surface area contributed by atoms with Gasteiger partial charge in [-0.15, -0.1) is 34.2 Å². The van der Waals surface area contributed by atoms with Crippen LogP contribution < -0.4 is 10.6 Å². The van der Waals surface area contributed by atoms with Gasteiger partial charge in [-0.05, 0) is 30.5 Å². The van der Waals surface area contributed by atoms with Crippen LogP contribution in [-0.4, -0.2) is 27.3 Å². The van der Waals surface area contributed by atoms with E-state index in [0.717, 1.165) is 31.3 Å². The second-order valence-corrected chi connectivity index (χ2v) is 7.09. The van der Waals surface area contributed by atoms with E-state index in [1.807, 2.05) is 18.2 Å². The molecule has 0 amide bonds. The fourth-order valence-corrected chi connectivity index (χ4v) is 3.30. The zero-order valence-electron chi connectivity index (χ0n) is 17.9. The van der Waals surface area contributed by atoms with Crippen LogP contribution >= 0.6 is 24.0 Å². The summed E-state index contributed by atoms with van der Waals surface area (Å²) in [5.74, 6) is 1.80. The minimum absolute atomic E-state index is 0. The van der Waals surface area contributed by atoms with E-state index in [-0.39, 0.29) is 30.0 Å². The van der Waals surface area contributed by atoms with E-state index in [4.69, 9.17) is 4.99 Å². The van der Waals surface area contributed by atoms with Crippen LogP contribution in [0.15, 0.2) is 65.9 Å². The summed E-state index contributed by atoms with van der Waals surface area (Å²) in [5.41, 5.74) is 3.73. The molecule has 6 nitrogen and oxygen atoms in total. The first kappa shape index (κ1) is 23.9. The molecule has 160 valence electrons. The lowest BCUT2D eigenvalue weighted by Gasteiger charge is -2.20. The highest BCUT2D eigenvalue weighted by molar-refractivity contribution is 14.0. The van der Waals surface area contributed by atoms with Crippen molar-refractivity contribution in [3.63, 3.8) is 0 Å². The lowest BCUT2D eigenvalue weighted by atomic mass is 10.0. The summed E-state index contributed by atoms with van der Waals surface area (Å²) >= 11 is 0. The first-order valence-electron chi connectivity index (χ1n) is 10.2. The van der Waals surface area contributed by atoms with Crippen LogP contribution in [0.4, 0.5) is 0 Å². The van der Waals surface area contributed by atoms with Gasteiger partial charge in [-0.2, -0.15) is 0 Å². The van der Waals surface area contributed by atoms with Crippen LogP contribution in [-0.2, 0) is 19.5 Å². The van der Waals surface area contributed by atoms with Gasteiger partial charge in [-0.1, -0.05) is 61.5 Å². The van der Waals surface area contributed by atoms with Gasteiger partial charge in [0.25, 0.3) is 0 Å². The first-order valence-corrected chi connectivity index (χ1v) is 10.2. The van der Waals surface area contributed by atoms with Crippen molar-refractivity contribution in [2.24, 2.45) is 4.99 Å². The van der Waals surface area contributed by atoms with Gasteiger partial charge in [0.2, 0.25) is 0 Å². The van der Waals surface area contributed by atoms with Gasteiger partial charge in [0.1, 0.15) is 12.2 Å². The van der Waals surface area contributed by atoms with Crippen LogP contribution in [0.3, 0.4) is 0 Å². The Labute approximate surface area is 196 Å². The van der Waals surface area contributed by atoms with Crippen LogP contribution in [0.5, 0.6) is 0 Å². The van der Waals surface area contributed by atoms with Crippen molar-refractivity contribution in [3.8, 4) is 0 Å². The highest BCUT2D eigenvalue weighted by atomic mass is 127. The molecule has 0 bridgehead atoms. The average Bonchev–Trinajstić information content (AvgIpc) is 3.20. The Morgan fingerprint density at radius 3 is 2.57 bits per heavy atom. The van der Waals surface area contributed by atoms with Gasteiger partial charge in [0, 0.05) is 19.5 Å². The fourth-order valence-electron chi connectivity index (χ4n) is 3.30. The molecular weight excluding hydrogens is 487 g/mol. The number of aryl methyl sites for hydroxylation is 2. The summed E-state index contributed by atoms with van der Waals surface area (Å²) in [7, 11) is 0. The maximum Gasteiger partial charge on any atom is 0.192 e. The van der Waals surface area contributed by atoms with Crippen LogP contribution in [0.25, 0.3) is 0 Å². The molecule has 3 aromatic rings. The standard InChI is InChI=1S/C23H30N6.HI/c1-4-22-28-26-17-29(22)15-14-24-23(25-16-20-11-6-5-7-12-20)27-19(3)21-13-9-8-10-18(21)2;/h5-13,17,19H,4,14-16H2,1-3H3,(H2,24,25,27);1H. The molecule has 0 fully saturated rings. The van der Waals surface area contributed by atoms with Gasteiger partial charge < -0.3 is 15.2 Å². The highest BCUT2D eigenvalue weighted by Gasteiger charge is 2.10. The molecule has 1 unspecified atom stereocenters. The Kier molecular flexibility index (Phi) is 9.79. The van der Waals surface area contributed by atoms with Crippen LogP contribution in [0.2, 0.25) is 0 Å².